The van der Waals surface area contributed by atoms with Gasteiger partial charge in [0.05, 0.1) is 0 Å². The zero-order valence-corrected chi connectivity index (χ0v) is 10.1. The van der Waals surface area contributed by atoms with Crippen molar-refractivity contribution in [2.45, 2.75) is 6.92 Å². The van der Waals surface area contributed by atoms with Crippen LogP contribution in [0.3, 0.4) is 0 Å². The van der Waals surface area contributed by atoms with E-state index in [-0.39, 0.29) is 0 Å². The van der Waals surface area contributed by atoms with Gasteiger partial charge in [-0.3, -0.25) is 0 Å². The average molecular weight is 337 g/mol. The molecule has 0 saturated carbocycles. The van der Waals surface area contributed by atoms with Gasteiger partial charge in [0, 0.05) is 15.4 Å². The predicted molar refractivity (Wildman–Crippen MR) is 61.4 cm³/mol. The molecule has 0 aliphatic heterocycles. The maximum absolute atomic E-state index is 5.52. The summed E-state index contributed by atoms with van der Waals surface area (Å²) < 4.78 is 7.59. The van der Waals surface area contributed by atoms with Crippen LogP contribution in [-0.4, -0.2) is 0 Å². The van der Waals surface area contributed by atoms with Gasteiger partial charge in [0.15, 0.2) is 3.77 Å². The number of fused-ring (bicyclic) bond motifs is 1. The van der Waals surface area contributed by atoms with Crippen molar-refractivity contribution in [1.82, 2.24) is 0 Å². The van der Waals surface area contributed by atoms with Gasteiger partial charge in [-0.05, 0) is 47.7 Å². The van der Waals surface area contributed by atoms with Crippen molar-refractivity contribution in [2.75, 3.05) is 0 Å². The van der Waals surface area contributed by atoms with Crippen molar-refractivity contribution in [3.8, 4) is 0 Å². The second-order valence-corrected chi connectivity index (χ2v) is 4.54. The first-order valence-corrected chi connectivity index (χ1v) is 5.40. The Morgan fingerprint density at radius 3 is 2.92 bits per heavy atom. The third kappa shape index (κ3) is 1.29. The molecule has 0 N–H and O–H groups in total. The number of rotatable bonds is 0. The van der Waals surface area contributed by atoms with E-state index in [9.17, 15) is 0 Å². The van der Waals surface area contributed by atoms with E-state index < -0.39 is 0 Å². The number of benzene rings is 1. The minimum atomic E-state index is 0.958. The minimum absolute atomic E-state index is 0.958. The van der Waals surface area contributed by atoms with Crippen LogP contribution >= 0.6 is 38.5 Å². The summed E-state index contributed by atoms with van der Waals surface area (Å²) in [6, 6.07) is 6.05. The van der Waals surface area contributed by atoms with Gasteiger partial charge in [-0.2, -0.15) is 0 Å². The van der Waals surface area contributed by atoms with Gasteiger partial charge in [0.25, 0.3) is 0 Å². The summed E-state index contributed by atoms with van der Waals surface area (Å²) in [4.78, 5) is 0. The molecule has 0 radical (unpaired) electrons. The quantitative estimate of drug-likeness (QED) is 0.660. The molecule has 0 amide bonds. The molecule has 2 aromatic rings. The van der Waals surface area contributed by atoms with Crippen molar-refractivity contribution < 1.29 is 4.42 Å². The molecular weight excluding hydrogens is 331 g/mol. The molecule has 1 aromatic carbocycles. The summed E-state index contributed by atoms with van der Waals surface area (Å²) in [5.41, 5.74) is 2.17. The number of hydrogen-bond donors (Lipinski definition) is 0. The molecule has 0 unspecified atom stereocenters. The Labute approximate surface area is 92.4 Å². The maximum atomic E-state index is 5.52. The van der Waals surface area contributed by atoms with Crippen LogP contribution in [0.15, 0.2) is 27.1 Å². The minimum Gasteiger partial charge on any atom is -0.450 e. The van der Waals surface area contributed by atoms with Crippen LogP contribution in [0.25, 0.3) is 11.0 Å². The van der Waals surface area contributed by atoms with Gasteiger partial charge in [-0.1, -0.05) is 15.9 Å². The molecule has 0 saturated heterocycles. The molecule has 0 aliphatic carbocycles. The Morgan fingerprint density at radius 2 is 2.17 bits per heavy atom. The van der Waals surface area contributed by atoms with Crippen LogP contribution in [-0.2, 0) is 0 Å². The van der Waals surface area contributed by atoms with Crippen molar-refractivity contribution in [3.05, 3.63) is 32.0 Å². The fourth-order valence-corrected chi connectivity index (χ4v) is 2.05. The topological polar surface area (TPSA) is 13.1 Å². The highest BCUT2D eigenvalue weighted by atomic mass is 127. The highest BCUT2D eigenvalue weighted by Gasteiger charge is 2.06. The SMILES string of the molecule is Cc1c(I)oc2ccc(Br)cc12. The van der Waals surface area contributed by atoms with E-state index in [1.807, 2.05) is 12.1 Å². The van der Waals surface area contributed by atoms with Crippen molar-refractivity contribution in [3.63, 3.8) is 0 Å². The van der Waals surface area contributed by atoms with Crippen LogP contribution in [0.2, 0.25) is 0 Å². The van der Waals surface area contributed by atoms with E-state index >= 15 is 0 Å². The van der Waals surface area contributed by atoms with Gasteiger partial charge in [0.2, 0.25) is 0 Å². The van der Waals surface area contributed by atoms with Crippen LogP contribution < -0.4 is 0 Å². The number of hydrogen-bond acceptors (Lipinski definition) is 1. The molecule has 1 aromatic heterocycles. The molecule has 0 spiro atoms. The fraction of sp³-hybridized carbons (Fsp3) is 0.111. The summed E-state index contributed by atoms with van der Waals surface area (Å²) in [6.07, 6.45) is 0. The average Bonchev–Trinajstić information content (AvgIpc) is 2.31. The molecule has 62 valence electrons. The van der Waals surface area contributed by atoms with Gasteiger partial charge < -0.3 is 4.42 Å². The molecule has 0 atom stereocenters. The molecule has 12 heavy (non-hydrogen) atoms. The normalized spacial score (nSPS) is 10.9. The first-order chi connectivity index (χ1) is 5.68. The first kappa shape index (κ1) is 8.56. The Balaban J connectivity index is 2.88. The Bertz CT molecular complexity index is 433. The van der Waals surface area contributed by atoms with E-state index in [4.69, 9.17) is 4.42 Å². The van der Waals surface area contributed by atoms with Crippen molar-refractivity contribution in [1.29, 1.82) is 0 Å². The van der Waals surface area contributed by atoms with Gasteiger partial charge in [-0.25, -0.2) is 0 Å². The van der Waals surface area contributed by atoms with Crippen LogP contribution in [0.5, 0.6) is 0 Å². The zero-order chi connectivity index (χ0) is 8.72. The fourth-order valence-electron chi connectivity index (χ4n) is 1.16. The maximum Gasteiger partial charge on any atom is 0.167 e. The van der Waals surface area contributed by atoms with E-state index in [0.717, 1.165) is 13.8 Å². The molecule has 0 fully saturated rings. The Morgan fingerprint density at radius 1 is 1.42 bits per heavy atom. The predicted octanol–water partition coefficient (Wildman–Crippen LogP) is 4.11. The standard InChI is InChI=1S/C9H6BrIO/c1-5-7-4-6(10)2-3-8(7)12-9(5)11/h2-4H,1H3. The van der Waals surface area contributed by atoms with Gasteiger partial charge in [-0.15, -0.1) is 0 Å². The van der Waals surface area contributed by atoms with E-state index in [1.54, 1.807) is 0 Å². The molecule has 1 nitrogen and oxygen atoms in total. The zero-order valence-electron chi connectivity index (χ0n) is 6.40. The molecule has 1 heterocycles. The number of aryl methyl sites for hydroxylation is 1. The van der Waals surface area contributed by atoms with E-state index in [1.165, 1.54) is 10.9 Å². The second-order valence-electron chi connectivity index (χ2n) is 2.64. The molecule has 2 rings (SSSR count). The molecule has 3 heteroatoms. The lowest BCUT2D eigenvalue weighted by Crippen LogP contribution is -1.69. The molecular formula is C9H6BrIO. The lowest BCUT2D eigenvalue weighted by Gasteiger charge is -1.89. The summed E-state index contributed by atoms with van der Waals surface area (Å²) in [7, 11) is 0. The van der Waals surface area contributed by atoms with Crippen molar-refractivity contribution >= 4 is 49.5 Å². The third-order valence-corrected chi connectivity index (χ3v) is 3.36. The number of furan rings is 1. The van der Waals surface area contributed by atoms with Crippen LogP contribution in [0.4, 0.5) is 0 Å². The lowest BCUT2D eigenvalue weighted by atomic mass is 10.2. The Kier molecular flexibility index (Phi) is 2.16. The third-order valence-electron chi connectivity index (χ3n) is 1.84. The largest absolute Gasteiger partial charge is 0.450 e. The summed E-state index contributed by atoms with van der Waals surface area (Å²) >= 11 is 5.64. The van der Waals surface area contributed by atoms with Gasteiger partial charge >= 0.3 is 0 Å². The van der Waals surface area contributed by atoms with Gasteiger partial charge in [0.1, 0.15) is 5.58 Å². The second kappa shape index (κ2) is 3.03. The highest BCUT2D eigenvalue weighted by Crippen LogP contribution is 2.28. The highest BCUT2D eigenvalue weighted by molar-refractivity contribution is 14.1. The summed E-state index contributed by atoms with van der Waals surface area (Å²) in [6.45, 7) is 2.07. The van der Waals surface area contributed by atoms with E-state index in [2.05, 4.69) is 51.5 Å². The monoisotopic (exact) mass is 336 g/mol. The first-order valence-electron chi connectivity index (χ1n) is 3.52. The summed E-state index contributed by atoms with van der Waals surface area (Å²) in [5, 5.41) is 1.19. The van der Waals surface area contributed by atoms with Crippen molar-refractivity contribution in [2.24, 2.45) is 0 Å². The lowest BCUT2D eigenvalue weighted by molar-refractivity contribution is 0.580. The molecule has 0 aliphatic rings. The molecule has 0 bridgehead atoms. The van der Waals surface area contributed by atoms with E-state index in [0.29, 0.717) is 0 Å². The number of halogens is 2. The summed E-state index contributed by atoms with van der Waals surface area (Å²) in [5.74, 6) is 0. The smallest absolute Gasteiger partial charge is 0.167 e. The van der Waals surface area contributed by atoms with Crippen LogP contribution in [0, 0.1) is 10.7 Å². The van der Waals surface area contributed by atoms with Crippen LogP contribution in [0.1, 0.15) is 5.56 Å². The Hall–Kier alpha value is -0.0300.